The molecule has 0 bridgehead atoms. The SMILES string of the molecule is CCC(CN)c1nc(-c2ccc(Cl)cc2OC)no1. The van der Waals surface area contributed by atoms with Crippen molar-refractivity contribution in [3.63, 3.8) is 0 Å². The van der Waals surface area contributed by atoms with Crippen LogP contribution in [0.3, 0.4) is 0 Å². The van der Waals surface area contributed by atoms with Gasteiger partial charge >= 0.3 is 0 Å². The fraction of sp³-hybridized carbons (Fsp3) is 0.385. The van der Waals surface area contributed by atoms with E-state index >= 15 is 0 Å². The quantitative estimate of drug-likeness (QED) is 0.912. The van der Waals surface area contributed by atoms with Crippen LogP contribution < -0.4 is 10.5 Å². The van der Waals surface area contributed by atoms with E-state index in [1.165, 1.54) is 0 Å². The number of ether oxygens (including phenoxy) is 1. The topological polar surface area (TPSA) is 74.2 Å². The second-order valence-corrected chi connectivity index (χ2v) is 4.58. The van der Waals surface area contributed by atoms with Gasteiger partial charge in [-0.3, -0.25) is 0 Å². The molecule has 0 aliphatic heterocycles. The highest BCUT2D eigenvalue weighted by molar-refractivity contribution is 6.30. The summed E-state index contributed by atoms with van der Waals surface area (Å²) in [5.74, 6) is 1.73. The smallest absolute Gasteiger partial charge is 0.231 e. The first-order valence-corrected chi connectivity index (χ1v) is 6.45. The van der Waals surface area contributed by atoms with E-state index in [0.29, 0.717) is 29.0 Å². The van der Waals surface area contributed by atoms with Gasteiger partial charge in [-0.2, -0.15) is 4.98 Å². The van der Waals surface area contributed by atoms with E-state index in [-0.39, 0.29) is 5.92 Å². The van der Waals surface area contributed by atoms with Crippen molar-refractivity contribution in [3.05, 3.63) is 29.1 Å². The van der Waals surface area contributed by atoms with Gasteiger partial charge in [0, 0.05) is 11.6 Å². The minimum Gasteiger partial charge on any atom is -0.496 e. The van der Waals surface area contributed by atoms with E-state index in [9.17, 15) is 0 Å². The van der Waals surface area contributed by atoms with Gasteiger partial charge < -0.3 is 15.0 Å². The second-order valence-electron chi connectivity index (χ2n) is 4.14. The van der Waals surface area contributed by atoms with E-state index < -0.39 is 0 Å². The van der Waals surface area contributed by atoms with E-state index in [1.54, 1.807) is 25.3 Å². The fourth-order valence-corrected chi connectivity index (χ4v) is 1.96. The van der Waals surface area contributed by atoms with Crippen LogP contribution in [0.15, 0.2) is 22.7 Å². The third-order valence-electron chi connectivity index (χ3n) is 2.97. The third-order valence-corrected chi connectivity index (χ3v) is 3.21. The van der Waals surface area contributed by atoms with Gasteiger partial charge in [-0.1, -0.05) is 23.7 Å². The average molecular weight is 282 g/mol. The van der Waals surface area contributed by atoms with Crippen LogP contribution in [-0.4, -0.2) is 23.8 Å². The van der Waals surface area contributed by atoms with Crippen LogP contribution in [-0.2, 0) is 0 Å². The molecule has 102 valence electrons. The minimum absolute atomic E-state index is 0.0829. The molecule has 2 N–H and O–H groups in total. The molecule has 2 aromatic rings. The lowest BCUT2D eigenvalue weighted by molar-refractivity contribution is 0.351. The Bertz CT molecular complexity index is 553. The van der Waals surface area contributed by atoms with Crippen LogP contribution in [0.25, 0.3) is 11.4 Å². The van der Waals surface area contributed by atoms with E-state index in [4.69, 9.17) is 26.6 Å². The number of rotatable bonds is 5. The predicted molar refractivity (Wildman–Crippen MR) is 73.4 cm³/mol. The van der Waals surface area contributed by atoms with Crippen molar-refractivity contribution >= 4 is 11.6 Å². The minimum atomic E-state index is 0.0829. The molecule has 0 aliphatic rings. The summed E-state index contributed by atoms with van der Waals surface area (Å²) in [4.78, 5) is 4.38. The highest BCUT2D eigenvalue weighted by atomic mass is 35.5. The van der Waals surface area contributed by atoms with Crippen LogP contribution in [0.1, 0.15) is 25.2 Å². The molecule has 1 unspecified atom stereocenters. The Kier molecular flexibility index (Phi) is 4.39. The molecule has 0 amide bonds. The predicted octanol–water partition coefficient (Wildman–Crippen LogP) is 2.85. The summed E-state index contributed by atoms with van der Waals surface area (Å²) in [5.41, 5.74) is 6.41. The van der Waals surface area contributed by atoms with Crippen molar-refractivity contribution in [2.24, 2.45) is 5.73 Å². The summed E-state index contributed by atoms with van der Waals surface area (Å²) in [6.45, 7) is 2.51. The number of methoxy groups -OCH3 is 1. The molecule has 0 saturated carbocycles. The van der Waals surface area contributed by atoms with Crippen LogP contribution in [0.5, 0.6) is 5.75 Å². The Morgan fingerprint density at radius 2 is 2.26 bits per heavy atom. The molecule has 0 radical (unpaired) electrons. The zero-order valence-electron chi connectivity index (χ0n) is 10.9. The van der Waals surface area contributed by atoms with Crippen LogP contribution in [0.2, 0.25) is 5.02 Å². The van der Waals surface area contributed by atoms with Gasteiger partial charge in [-0.25, -0.2) is 0 Å². The summed E-state index contributed by atoms with van der Waals surface area (Å²) in [7, 11) is 1.57. The molecule has 5 nitrogen and oxygen atoms in total. The van der Waals surface area contributed by atoms with Gasteiger partial charge in [0.1, 0.15) is 5.75 Å². The number of nitrogens with zero attached hydrogens (tertiary/aromatic N) is 2. The molecule has 0 saturated heterocycles. The van der Waals surface area contributed by atoms with Gasteiger partial charge in [0.15, 0.2) is 0 Å². The largest absolute Gasteiger partial charge is 0.496 e. The van der Waals surface area contributed by atoms with Gasteiger partial charge in [0.25, 0.3) is 0 Å². The van der Waals surface area contributed by atoms with Gasteiger partial charge in [-0.15, -0.1) is 0 Å². The number of aromatic nitrogens is 2. The third kappa shape index (κ3) is 2.88. The van der Waals surface area contributed by atoms with Crippen molar-refractivity contribution < 1.29 is 9.26 Å². The molecular formula is C13H16ClN3O2. The maximum Gasteiger partial charge on any atom is 0.231 e. The standard InChI is InChI=1S/C13H16ClN3O2/c1-3-8(7-15)13-16-12(17-19-13)10-5-4-9(14)6-11(10)18-2/h4-6,8H,3,7,15H2,1-2H3. The number of hydrogen-bond donors (Lipinski definition) is 1. The van der Waals surface area contributed by atoms with E-state index in [0.717, 1.165) is 12.0 Å². The first-order chi connectivity index (χ1) is 9.19. The molecule has 1 atom stereocenters. The lowest BCUT2D eigenvalue weighted by Crippen LogP contribution is -2.11. The first kappa shape index (κ1) is 13.8. The molecule has 0 spiro atoms. The molecule has 1 heterocycles. The summed E-state index contributed by atoms with van der Waals surface area (Å²) in [6.07, 6.45) is 0.857. The lowest BCUT2D eigenvalue weighted by atomic mass is 10.1. The highest BCUT2D eigenvalue weighted by Crippen LogP contribution is 2.31. The number of halogens is 1. The Morgan fingerprint density at radius 3 is 2.89 bits per heavy atom. The van der Waals surface area contributed by atoms with Crippen LogP contribution in [0.4, 0.5) is 0 Å². The van der Waals surface area contributed by atoms with Gasteiger partial charge in [0.05, 0.1) is 18.6 Å². The Morgan fingerprint density at radius 1 is 1.47 bits per heavy atom. The normalized spacial score (nSPS) is 12.4. The van der Waals surface area contributed by atoms with Crippen molar-refractivity contribution in [1.29, 1.82) is 0 Å². The van der Waals surface area contributed by atoms with Crippen molar-refractivity contribution in [2.75, 3.05) is 13.7 Å². The summed E-state index contributed by atoms with van der Waals surface area (Å²) < 4.78 is 10.5. The zero-order chi connectivity index (χ0) is 13.8. The monoisotopic (exact) mass is 281 g/mol. The number of benzene rings is 1. The second kappa shape index (κ2) is 6.04. The molecule has 2 rings (SSSR count). The first-order valence-electron chi connectivity index (χ1n) is 6.07. The van der Waals surface area contributed by atoms with E-state index in [1.807, 2.05) is 6.92 Å². The Hall–Kier alpha value is -1.59. The Balaban J connectivity index is 2.37. The lowest BCUT2D eigenvalue weighted by Gasteiger charge is -2.05. The molecular weight excluding hydrogens is 266 g/mol. The number of hydrogen-bond acceptors (Lipinski definition) is 5. The van der Waals surface area contributed by atoms with Crippen molar-refractivity contribution in [1.82, 2.24) is 10.1 Å². The van der Waals surface area contributed by atoms with Crippen LogP contribution >= 0.6 is 11.6 Å². The average Bonchev–Trinajstić information content (AvgIpc) is 2.89. The molecule has 1 aromatic heterocycles. The van der Waals surface area contributed by atoms with Crippen molar-refractivity contribution in [3.8, 4) is 17.1 Å². The molecule has 0 aliphatic carbocycles. The maximum atomic E-state index is 5.92. The summed E-state index contributed by atoms with van der Waals surface area (Å²) >= 11 is 5.92. The van der Waals surface area contributed by atoms with E-state index in [2.05, 4.69) is 10.1 Å². The molecule has 0 fully saturated rings. The number of nitrogens with two attached hydrogens (primary N) is 1. The molecule has 1 aromatic carbocycles. The fourth-order valence-electron chi connectivity index (χ4n) is 1.80. The summed E-state index contributed by atoms with van der Waals surface area (Å²) in [6, 6.07) is 5.28. The summed E-state index contributed by atoms with van der Waals surface area (Å²) in [5, 5.41) is 4.57. The molecule has 6 heteroatoms. The zero-order valence-corrected chi connectivity index (χ0v) is 11.6. The van der Waals surface area contributed by atoms with Crippen LogP contribution in [0, 0.1) is 0 Å². The highest BCUT2D eigenvalue weighted by Gasteiger charge is 2.18. The van der Waals surface area contributed by atoms with Crippen molar-refractivity contribution in [2.45, 2.75) is 19.3 Å². The maximum absolute atomic E-state index is 5.92. The van der Waals surface area contributed by atoms with Gasteiger partial charge in [0.2, 0.25) is 11.7 Å². The van der Waals surface area contributed by atoms with Gasteiger partial charge in [-0.05, 0) is 24.6 Å². The Labute approximate surface area is 116 Å². The molecule has 19 heavy (non-hydrogen) atoms.